The van der Waals surface area contributed by atoms with Crippen molar-refractivity contribution >= 4 is 22.7 Å². The Bertz CT molecular complexity index is 837. The summed E-state index contributed by atoms with van der Waals surface area (Å²) >= 11 is 1.67. The summed E-state index contributed by atoms with van der Waals surface area (Å²) in [6, 6.07) is 8.17. The van der Waals surface area contributed by atoms with E-state index in [2.05, 4.69) is 22.0 Å². The normalized spacial score (nSPS) is 26.9. The lowest BCUT2D eigenvalue weighted by atomic mass is 9.76. The largest absolute Gasteiger partial charge is 0.396 e. The molecule has 2 fully saturated rings. The van der Waals surface area contributed by atoms with Gasteiger partial charge in [0.15, 0.2) is 0 Å². The molecule has 0 spiro atoms. The molecule has 0 amide bonds. The topological polar surface area (TPSA) is 65.6 Å². The van der Waals surface area contributed by atoms with Gasteiger partial charge < -0.3 is 14.8 Å². The third kappa shape index (κ3) is 3.12. The lowest BCUT2D eigenvalue weighted by Gasteiger charge is -2.36. The van der Waals surface area contributed by atoms with Crippen molar-refractivity contribution in [2.45, 2.75) is 17.9 Å². The number of likely N-dealkylation sites (tertiary alicyclic amines) is 1. The number of aliphatic hydroxyl groups is 1. The van der Waals surface area contributed by atoms with Crippen LogP contribution in [0.5, 0.6) is 0 Å². The molecule has 4 rings (SSSR count). The van der Waals surface area contributed by atoms with Gasteiger partial charge in [-0.3, -0.25) is 9.69 Å². The first-order valence-electron chi connectivity index (χ1n) is 8.74. The summed E-state index contributed by atoms with van der Waals surface area (Å²) in [4.78, 5) is 19.0. The van der Waals surface area contributed by atoms with Crippen LogP contribution in [0, 0.1) is 11.3 Å². The first-order chi connectivity index (χ1) is 12.1. The predicted molar refractivity (Wildman–Crippen MR) is 100 cm³/mol. The van der Waals surface area contributed by atoms with Gasteiger partial charge in [-0.05, 0) is 42.2 Å². The Hall–Kier alpha value is -1.34. The molecule has 6 heteroatoms. The standard InChI is InChI=1S/C19H24N2O3S/c1-25-16-3-2-13-6-14(18(23)20-17(13)7-16)8-21-9-15-4-5-24-12-19(15,10-21)11-22/h2-3,6-7,15,22H,4-5,8-12H2,1H3,(H,20,23)/t15-,19+/m0/s1. The molecule has 2 saturated heterocycles. The van der Waals surface area contributed by atoms with Crippen LogP contribution in [0.25, 0.3) is 10.9 Å². The van der Waals surface area contributed by atoms with E-state index in [4.69, 9.17) is 4.74 Å². The van der Waals surface area contributed by atoms with Crippen LogP contribution in [0.4, 0.5) is 0 Å². The molecule has 5 nitrogen and oxygen atoms in total. The third-order valence-corrected chi connectivity index (χ3v) is 6.45. The number of hydrogen-bond donors (Lipinski definition) is 2. The fraction of sp³-hybridized carbons (Fsp3) is 0.526. The van der Waals surface area contributed by atoms with Crippen LogP contribution in [0.1, 0.15) is 12.0 Å². The van der Waals surface area contributed by atoms with Crippen LogP contribution in [-0.2, 0) is 11.3 Å². The van der Waals surface area contributed by atoms with E-state index in [-0.39, 0.29) is 17.6 Å². The molecule has 3 heterocycles. The van der Waals surface area contributed by atoms with E-state index in [0.29, 0.717) is 19.1 Å². The van der Waals surface area contributed by atoms with E-state index in [1.165, 1.54) is 0 Å². The molecule has 0 saturated carbocycles. The van der Waals surface area contributed by atoms with Crippen LogP contribution in [0.15, 0.2) is 34.0 Å². The molecule has 0 bridgehead atoms. The summed E-state index contributed by atoms with van der Waals surface area (Å²) < 4.78 is 5.62. The van der Waals surface area contributed by atoms with Gasteiger partial charge in [-0.15, -0.1) is 11.8 Å². The molecular formula is C19H24N2O3S. The first kappa shape index (κ1) is 17.1. The fourth-order valence-corrected chi connectivity index (χ4v) is 4.70. The van der Waals surface area contributed by atoms with Crippen LogP contribution in [0.2, 0.25) is 0 Å². The monoisotopic (exact) mass is 360 g/mol. The predicted octanol–water partition coefficient (Wildman–Crippen LogP) is 2.08. The Morgan fingerprint density at radius 1 is 1.44 bits per heavy atom. The van der Waals surface area contributed by atoms with Gasteiger partial charge in [-0.1, -0.05) is 6.07 Å². The second kappa shape index (κ2) is 6.76. The van der Waals surface area contributed by atoms with Gasteiger partial charge in [0.25, 0.3) is 5.56 Å². The quantitative estimate of drug-likeness (QED) is 0.818. The number of aromatic nitrogens is 1. The molecule has 2 aromatic rings. The summed E-state index contributed by atoms with van der Waals surface area (Å²) in [7, 11) is 0. The van der Waals surface area contributed by atoms with E-state index in [0.717, 1.165) is 47.5 Å². The summed E-state index contributed by atoms with van der Waals surface area (Å²) in [5, 5.41) is 11.0. The first-order valence-corrected chi connectivity index (χ1v) is 9.97. The maximum Gasteiger partial charge on any atom is 0.252 e. The van der Waals surface area contributed by atoms with Crippen molar-refractivity contribution < 1.29 is 9.84 Å². The molecule has 0 aliphatic carbocycles. The number of pyridine rings is 1. The van der Waals surface area contributed by atoms with Crippen LogP contribution in [-0.4, -0.2) is 54.2 Å². The van der Waals surface area contributed by atoms with Gasteiger partial charge >= 0.3 is 0 Å². The number of benzene rings is 1. The lowest BCUT2D eigenvalue weighted by Crippen LogP contribution is -2.42. The van der Waals surface area contributed by atoms with Gasteiger partial charge in [0.1, 0.15) is 0 Å². The highest BCUT2D eigenvalue weighted by atomic mass is 32.2. The molecule has 134 valence electrons. The number of ether oxygens (including phenoxy) is 1. The Morgan fingerprint density at radius 2 is 2.32 bits per heavy atom. The van der Waals surface area contributed by atoms with Crippen LogP contribution in [0.3, 0.4) is 0 Å². The molecule has 2 aliphatic heterocycles. The zero-order chi connectivity index (χ0) is 17.4. The smallest absolute Gasteiger partial charge is 0.252 e. The third-order valence-electron chi connectivity index (χ3n) is 5.72. The Balaban J connectivity index is 1.59. The zero-order valence-corrected chi connectivity index (χ0v) is 15.3. The second-order valence-corrected chi connectivity index (χ2v) is 8.18. The molecule has 2 aliphatic rings. The van der Waals surface area contributed by atoms with E-state index in [1.807, 2.05) is 18.4 Å². The maximum absolute atomic E-state index is 12.5. The lowest BCUT2D eigenvalue weighted by molar-refractivity contribution is -0.0561. The minimum Gasteiger partial charge on any atom is -0.396 e. The van der Waals surface area contributed by atoms with Gasteiger partial charge in [-0.2, -0.15) is 0 Å². The van der Waals surface area contributed by atoms with E-state index in [9.17, 15) is 9.90 Å². The van der Waals surface area contributed by atoms with Gasteiger partial charge in [-0.25, -0.2) is 0 Å². The highest BCUT2D eigenvalue weighted by Crippen LogP contribution is 2.41. The molecule has 0 unspecified atom stereocenters. The summed E-state index contributed by atoms with van der Waals surface area (Å²) in [5.41, 5.74) is 1.50. The molecule has 1 aromatic carbocycles. The number of nitrogens with one attached hydrogen (secondary N) is 1. The zero-order valence-electron chi connectivity index (χ0n) is 14.5. The molecule has 25 heavy (non-hydrogen) atoms. The van der Waals surface area contributed by atoms with Crippen molar-refractivity contribution in [1.29, 1.82) is 0 Å². The number of rotatable bonds is 4. The molecule has 2 N–H and O–H groups in total. The fourth-order valence-electron chi connectivity index (χ4n) is 4.26. The Labute approximate surface area is 151 Å². The molecular weight excluding hydrogens is 336 g/mol. The molecule has 0 radical (unpaired) electrons. The van der Waals surface area contributed by atoms with Gasteiger partial charge in [0.05, 0.1) is 13.2 Å². The minimum atomic E-state index is -0.158. The highest BCUT2D eigenvalue weighted by Gasteiger charge is 2.48. The van der Waals surface area contributed by atoms with E-state index >= 15 is 0 Å². The summed E-state index contributed by atoms with van der Waals surface area (Å²) in [6.07, 6.45) is 3.02. The molecule has 1 aromatic heterocycles. The van der Waals surface area contributed by atoms with Crippen molar-refractivity contribution in [2.24, 2.45) is 11.3 Å². The average Bonchev–Trinajstić information content (AvgIpc) is 3.00. The number of aromatic amines is 1. The van der Waals surface area contributed by atoms with Gasteiger partial charge in [0.2, 0.25) is 0 Å². The van der Waals surface area contributed by atoms with Crippen molar-refractivity contribution in [3.05, 3.63) is 40.2 Å². The Morgan fingerprint density at radius 3 is 3.08 bits per heavy atom. The minimum absolute atomic E-state index is 0.0186. The molecule has 2 atom stereocenters. The summed E-state index contributed by atoms with van der Waals surface area (Å²) in [6.45, 7) is 3.88. The van der Waals surface area contributed by atoms with Crippen LogP contribution < -0.4 is 5.56 Å². The number of hydrogen-bond acceptors (Lipinski definition) is 5. The number of H-pyrrole nitrogens is 1. The van der Waals surface area contributed by atoms with Crippen molar-refractivity contribution in [3.8, 4) is 0 Å². The van der Waals surface area contributed by atoms with Crippen LogP contribution >= 0.6 is 11.8 Å². The number of aliphatic hydroxyl groups excluding tert-OH is 1. The number of fused-ring (bicyclic) bond motifs is 2. The van der Waals surface area contributed by atoms with Crippen molar-refractivity contribution in [2.75, 3.05) is 39.2 Å². The van der Waals surface area contributed by atoms with E-state index in [1.54, 1.807) is 11.8 Å². The van der Waals surface area contributed by atoms with Crippen molar-refractivity contribution in [3.63, 3.8) is 0 Å². The Kier molecular flexibility index (Phi) is 4.62. The van der Waals surface area contributed by atoms with Crippen molar-refractivity contribution in [1.82, 2.24) is 9.88 Å². The van der Waals surface area contributed by atoms with E-state index < -0.39 is 0 Å². The number of nitrogens with zero attached hydrogens (tertiary/aromatic N) is 1. The number of thioether (sulfide) groups is 1. The highest BCUT2D eigenvalue weighted by molar-refractivity contribution is 7.98. The summed E-state index contributed by atoms with van der Waals surface area (Å²) in [5.74, 6) is 0.454. The SMILES string of the molecule is CSc1ccc2cc(CN3C[C@@H]4CCOC[C@]4(CO)C3)c(=O)[nH]c2c1. The average molecular weight is 360 g/mol. The van der Waals surface area contributed by atoms with Gasteiger partial charge in [0, 0.05) is 47.6 Å². The second-order valence-electron chi connectivity index (χ2n) is 7.31. The maximum atomic E-state index is 12.5.